The standard InChI is InChI=1S/C13H20ClN3OS/c1-9(2)13(18)17-5-3-10(4-6-17)15-8-12-16-7-11(14)19-12/h7,9-10,15H,3-6,8H2,1-2H3. The molecule has 0 unspecified atom stereocenters. The summed E-state index contributed by atoms with van der Waals surface area (Å²) in [6.07, 6.45) is 3.71. The summed E-state index contributed by atoms with van der Waals surface area (Å²) in [5.41, 5.74) is 0. The van der Waals surface area contributed by atoms with Crippen molar-refractivity contribution in [3.63, 3.8) is 0 Å². The number of nitrogens with zero attached hydrogens (tertiary/aromatic N) is 2. The van der Waals surface area contributed by atoms with Crippen molar-refractivity contribution < 1.29 is 4.79 Å². The number of carbonyl (C=O) groups is 1. The zero-order valence-electron chi connectivity index (χ0n) is 11.4. The number of carbonyl (C=O) groups excluding carboxylic acids is 1. The van der Waals surface area contributed by atoms with Gasteiger partial charge in [-0.1, -0.05) is 25.4 Å². The second kappa shape index (κ2) is 6.68. The van der Waals surface area contributed by atoms with Gasteiger partial charge in [-0.2, -0.15) is 0 Å². The number of piperidine rings is 1. The lowest BCUT2D eigenvalue weighted by molar-refractivity contribution is -0.135. The Morgan fingerprint density at radius 1 is 1.58 bits per heavy atom. The highest BCUT2D eigenvalue weighted by Gasteiger charge is 2.23. The molecule has 106 valence electrons. The van der Waals surface area contributed by atoms with E-state index in [4.69, 9.17) is 11.6 Å². The number of aromatic nitrogens is 1. The van der Waals surface area contributed by atoms with E-state index in [-0.39, 0.29) is 11.8 Å². The van der Waals surface area contributed by atoms with E-state index >= 15 is 0 Å². The molecule has 0 bridgehead atoms. The molecule has 19 heavy (non-hydrogen) atoms. The predicted octanol–water partition coefficient (Wildman–Crippen LogP) is 2.53. The predicted molar refractivity (Wildman–Crippen MR) is 78.4 cm³/mol. The zero-order valence-corrected chi connectivity index (χ0v) is 12.9. The summed E-state index contributed by atoms with van der Waals surface area (Å²) in [7, 11) is 0. The molecule has 1 aliphatic heterocycles. The summed E-state index contributed by atoms with van der Waals surface area (Å²) in [5.74, 6) is 0.368. The average molecular weight is 302 g/mol. The molecule has 4 nitrogen and oxygen atoms in total. The van der Waals surface area contributed by atoms with Crippen LogP contribution in [-0.4, -0.2) is 34.9 Å². The van der Waals surface area contributed by atoms with E-state index in [9.17, 15) is 4.79 Å². The molecule has 0 atom stereocenters. The van der Waals surface area contributed by atoms with Crippen molar-refractivity contribution in [3.8, 4) is 0 Å². The highest BCUT2D eigenvalue weighted by atomic mass is 35.5. The van der Waals surface area contributed by atoms with Crippen LogP contribution >= 0.6 is 22.9 Å². The van der Waals surface area contributed by atoms with Crippen molar-refractivity contribution >= 4 is 28.8 Å². The molecule has 1 amide bonds. The molecule has 2 rings (SSSR count). The van der Waals surface area contributed by atoms with Crippen LogP contribution in [0.2, 0.25) is 4.34 Å². The van der Waals surface area contributed by atoms with E-state index < -0.39 is 0 Å². The molecule has 0 aliphatic carbocycles. The van der Waals surface area contributed by atoms with Gasteiger partial charge in [-0.05, 0) is 12.8 Å². The number of halogens is 1. The lowest BCUT2D eigenvalue weighted by atomic mass is 10.0. The molecule has 2 heterocycles. The smallest absolute Gasteiger partial charge is 0.225 e. The quantitative estimate of drug-likeness (QED) is 0.929. The van der Waals surface area contributed by atoms with E-state index in [1.165, 1.54) is 11.3 Å². The summed E-state index contributed by atoms with van der Waals surface area (Å²) < 4.78 is 0.731. The van der Waals surface area contributed by atoms with Crippen molar-refractivity contribution in [1.29, 1.82) is 0 Å². The Labute approximate surface area is 123 Å². The largest absolute Gasteiger partial charge is 0.342 e. The van der Waals surface area contributed by atoms with Crippen LogP contribution in [-0.2, 0) is 11.3 Å². The summed E-state index contributed by atoms with van der Waals surface area (Å²) in [6, 6.07) is 0.471. The van der Waals surface area contributed by atoms with E-state index in [0.717, 1.165) is 41.8 Å². The second-order valence-corrected chi connectivity index (χ2v) is 6.94. The Morgan fingerprint density at radius 2 is 2.26 bits per heavy atom. The Balaban J connectivity index is 1.73. The molecule has 6 heteroatoms. The normalized spacial score (nSPS) is 17.2. The lowest BCUT2D eigenvalue weighted by Crippen LogP contribution is -2.45. The van der Waals surface area contributed by atoms with Gasteiger partial charge in [0.2, 0.25) is 5.91 Å². The minimum Gasteiger partial charge on any atom is -0.342 e. The Morgan fingerprint density at radius 3 is 2.79 bits per heavy atom. The highest BCUT2D eigenvalue weighted by molar-refractivity contribution is 7.15. The number of nitrogens with one attached hydrogen (secondary N) is 1. The molecule has 0 saturated carbocycles. The Bertz CT molecular complexity index is 427. The zero-order chi connectivity index (χ0) is 13.8. The Kier molecular flexibility index (Phi) is 5.19. The number of hydrogen-bond donors (Lipinski definition) is 1. The van der Waals surface area contributed by atoms with Crippen LogP contribution in [0.5, 0.6) is 0 Å². The van der Waals surface area contributed by atoms with Crippen LogP contribution in [0.15, 0.2) is 6.20 Å². The molecule has 1 saturated heterocycles. The number of hydrogen-bond acceptors (Lipinski definition) is 4. The first-order chi connectivity index (χ1) is 9.06. The minimum absolute atomic E-state index is 0.0990. The van der Waals surface area contributed by atoms with Crippen LogP contribution < -0.4 is 5.32 Å². The molecule has 1 N–H and O–H groups in total. The van der Waals surface area contributed by atoms with Gasteiger partial charge >= 0.3 is 0 Å². The molecular formula is C13H20ClN3OS. The van der Waals surface area contributed by atoms with Gasteiger partial charge in [-0.3, -0.25) is 4.79 Å². The molecule has 0 radical (unpaired) electrons. The first-order valence-electron chi connectivity index (χ1n) is 6.68. The van der Waals surface area contributed by atoms with E-state index in [1.807, 2.05) is 18.7 Å². The Hall–Kier alpha value is -0.650. The maximum absolute atomic E-state index is 11.9. The maximum Gasteiger partial charge on any atom is 0.225 e. The maximum atomic E-state index is 11.9. The summed E-state index contributed by atoms with van der Waals surface area (Å²) in [6.45, 7) is 6.39. The van der Waals surface area contributed by atoms with Crippen molar-refractivity contribution in [2.45, 2.75) is 39.3 Å². The summed E-state index contributed by atoms with van der Waals surface area (Å²) >= 11 is 7.36. The van der Waals surface area contributed by atoms with Gasteiger partial charge in [0.25, 0.3) is 0 Å². The summed E-state index contributed by atoms with van der Waals surface area (Å²) in [5, 5.41) is 4.51. The molecule has 1 aliphatic rings. The van der Waals surface area contributed by atoms with Gasteiger partial charge in [-0.25, -0.2) is 4.98 Å². The van der Waals surface area contributed by atoms with Crippen molar-refractivity contribution in [2.75, 3.05) is 13.1 Å². The minimum atomic E-state index is 0.0990. The van der Waals surface area contributed by atoms with Gasteiger partial charge in [0.05, 0.1) is 6.20 Å². The number of likely N-dealkylation sites (tertiary alicyclic amines) is 1. The van der Waals surface area contributed by atoms with E-state index in [1.54, 1.807) is 6.20 Å². The fourth-order valence-corrected chi connectivity index (χ4v) is 3.18. The first kappa shape index (κ1) is 14.8. The van der Waals surface area contributed by atoms with Crippen LogP contribution in [0.3, 0.4) is 0 Å². The molecule has 1 aromatic rings. The third-order valence-corrected chi connectivity index (χ3v) is 4.48. The fraction of sp³-hybridized carbons (Fsp3) is 0.692. The lowest BCUT2D eigenvalue weighted by Gasteiger charge is -2.33. The van der Waals surface area contributed by atoms with E-state index in [0.29, 0.717) is 6.04 Å². The highest BCUT2D eigenvalue weighted by Crippen LogP contribution is 2.19. The third-order valence-electron chi connectivity index (χ3n) is 3.37. The number of rotatable bonds is 4. The van der Waals surface area contributed by atoms with Crippen molar-refractivity contribution in [3.05, 3.63) is 15.5 Å². The second-order valence-electron chi connectivity index (χ2n) is 5.19. The number of amides is 1. The van der Waals surface area contributed by atoms with Gasteiger partial charge < -0.3 is 10.2 Å². The van der Waals surface area contributed by atoms with Gasteiger partial charge in [0.1, 0.15) is 9.34 Å². The van der Waals surface area contributed by atoms with E-state index in [2.05, 4.69) is 10.3 Å². The molecule has 0 spiro atoms. The van der Waals surface area contributed by atoms with Crippen molar-refractivity contribution in [2.24, 2.45) is 5.92 Å². The molecule has 0 aromatic carbocycles. The summed E-state index contributed by atoms with van der Waals surface area (Å²) in [4.78, 5) is 18.1. The van der Waals surface area contributed by atoms with Gasteiger partial charge in [0.15, 0.2) is 0 Å². The first-order valence-corrected chi connectivity index (χ1v) is 7.88. The molecule has 1 fully saturated rings. The van der Waals surface area contributed by atoms with Crippen LogP contribution in [0.25, 0.3) is 0 Å². The van der Waals surface area contributed by atoms with Crippen LogP contribution in [0.1, 0.15) is 31.7 Å². The van der Waals surface area contributed by atoms with Crippen LogP contribution in [0, 0.1) is 5.92 Å². The van der Waals surface area contributed by atoms with Gasteiger partial charge in [0, 0.05) is 31.6 Å². The topological polar surface area (TPSA) is 45.2 Å². The van der Waals surface area contributed by atoms with Gasteiger partial charge in [-0.15, -0.1) is 11.3 Å². The monoisotopic (exact) mass is 301 g/mol. The molecule has 1 aromatic heterocycles. The third kappa shape index (κ3) is 4.16. The fourth-order valence-electron chi connectivity index (χ4n) is 2.27. The average Bonchev–Trinajstić information content (AvgIpc) is 2.82. The number of thiazole rings is 1. The van der Waals surface area contributed by atoms with Crippen LogP contribution in [0.4, 0.5) is 0 Å². The SMILES string of the molecule is CC(C)C(=O)N1CCC(NCc2ncc(Cl)s2)CC1. The van der Waals surface area contributed by atoms with Crippen molar-refractivity contribution in [1.82, 2.24) is 15.2 Å². The molecular weight excluding hydrogens is 282 g/mol.